The van der Waals surface area contributed by atoms with E-state index in [9.17, 15) is 4.79 Å². The molecule has 3 aliphatic heterocycles. The maximum absolute atomic E-state index is 12.4. The second kappa shape index (κ2) is 5.32. The summed E-state index contributed by atoms with van der Waals surface area (Å²) in [6.07, 6.45) is 2.37. The molecule has 3 N–H and O–H groups in total. The lowest BCUT2D eigenvalue weighted by Crippen LogP contribution is -2.57. The van der Waals surface area contributed by atoms with Crippen molar-refractivity contribution in [1.82, 2.24) is 10.2 Å². The number of amides is 1. The average molecular weight is 275 g/mol. The fraction of sp³-hybridized carbons (Fsp3) is 0.533. The van der Waals surface area contributed by atoms with Gasteiger partial charge in [0.1, 0.15) is 5.75 Å². The Morgan fingerprint density at radius 2 is 2.15 bits per heavy atom. The number of carbonyl (C=O) groups is 1. The van der Waals surface area contributed by atoms with Crippen LogP contribution in [0.5, 0.6) is 5.75 Å². The van der Waals surface area contributed by atoms with Crippen LogP contribution in [0.3, 0.4) is 0 Å². The molecule has 20 heavy (non-hydrogen) atoms. The maximum atomic E-state index is 12.4. The minimum absolute atomic E-state index is 0.0689. The zero-order valence-electron chi connectivity index (χ0n) is 11.8. The van der Waals surface area contributed by atoms with Gasteiger partial charge in [0.15, 0.2) is 0 Å². The number of nitrogens with zero attached hydrogens (tertiary/aromatic N) is 1. The number of piperidine rings is 3. The quantitative estimate of drug-likeness (QED) is 0.811. The molecule has 0 saturated carbocycles. The Morgan fingerprint density at radius 1 is 1.40 bits per heavy atom. The Balaban J connectivity index is 1.73. The van der Waals surface area contributed by atoms with Crippen molar-refractivity contribution in [1.29, 1.82) is 0 Å². The van der Waals surface area contributed by atoms with E-state index in [0.717, 1.165) is 6.54 Å². The van der Waals surface area contributed by atoms with Gasteiger partial charge in [-0.25, -0.2) is 0 Å². The van der Waals surface area contributed by atoms with Crippen molar-refractivity contribution in [2.75, 3.05) is 32.5 Å². The first-order valence-electron chi connectivity index (χ1n) is 7.14. The highest BCUT2D eigenvalue weighted by Crippen LogP contribution is 2.28. The molecule has 3 fully saturated rings. The summed E-state index contributed by atoms with van der Waals surface area (Å²) >= 11 is 0. The number of rotatable bonds is 3. The first-order valence-corrected chi connectivity index (χ1v) is 7.14. The van der Waals surface area contributed by atoms with Gasteiger partial charge in [0, 0.05) is 24.3 Å². The van der Waals surface area contributed by atoms with Crippen LogP contribution in [-0.4, -0.2) is 43.6 Å². The highest BCUT2D eigenvalue weighted by Gasteiger charge is 2.35. The van der Waals surface area contributed by atoms with E-state index in [1.54, 1.807) is 25.3 Å². The molecule has 5 heteroatoms. The van der Waals surface area contributed by atoms with Gasteiger partial charge < -0.3 is 20.7 Å². The van der Waals surface area contributed by atoms with E-state index in [1.165, 1.54) is 25.9 Å². The number of nitrogens with one attached hydrogen (secondary N) is 1. The number of nitrogen functional groups attached to an aromatic ring is 1. The lowest BCUT2D eigenvalue weighted by atomic mass is 9.84. The summed E-state index contributed by atoms with van der Waals surface area (Å²) in [5, 5.41) is 3.16. The number of fused-ring (bicyclic) bond motifs is 3. The number of anilines is 1. The molecule has 5 nitrogen and oxygen atoms in total. The van der Waals surface area contributed by atoms with Gasteiger partial charge in [0.25, 0.3) is 5.91 Å². The molecule has 2 bridgehead atoms. The Labute approximate surface area is 119 Å². The van der Waals surface area contributed by atoms with Crippen LogP contribution in [0.15, 0.2) is 18.2 Å². The highest BCUT2D eigenvalue weighted by atomic mass is 16.5. The number of ether oxygens (including phenoxy) is 1. The smallest absolute Gasteiger partial charge is 0.255 e. The SMILES string of the molecule is COc1cc(N)ccc1C(=O)NC1CN2CCC1CC2. The minimum atomic E-state index is -0.0689. The number of carbonyl (C=O) groups excluding carboxylic acids is 1. The van der Waals surface area contributed by atoms with Crippen molar-refractivity contribution < 1.29 is 9.53 Å². The van der Waals surface area contributed by atoms with E-state index in [4.69, 9.17) is 10.5 Å². The van der Waals surface area contributed by atoms with Crippen molar-refractivity contribution in [3.05, 3.63) is 23.8 Å². The fourth-order valence-corrected chi connectivity index (χ4v) is 3.27. The molecule has 1 amide bonds. The number of methoxy groups -OCH3 is 1. The number of hydrogen-bond acceptors (Lipinski definition) is 4. The van der Waals surface area contributed by atoms with Gasteiger partial charge in [-0.2, -0.15) is 0 Å². The van der Waals surface area contributed by atoms with Gasteiger partial charge in [-0.15, -0.1) is 0 Å². The van der Waals surface area contributed by atoms with Crippen LogP contribution in [0.2, 0.25) is 0 Å². The van der Waals surface area contributed by atoms with Gasteiger partial charge in [-0.1, -0.05) is 0 Å². The Morgan fingerprint density at radius 3 is 2.75 bits per heavy atom. The van der Waals surface area contributed by atoms with Gasteiger partial charge in [0.05, 0.1) is 12.7 Å². The summed E-state index contributed by atoms with van der Waals surface area (Å²) in [7, 11) is 1.56. The normalized spacial score (nSPS) is 28.1. The highest BCUT2D eigenvalue weighted by molar-refractivity contribution is 5.97. The molecule has 0 spiro atoms. The number of hydrogen-bond donors (Lipinski definition) is 2. The number of benzene rings is 1. The fourth-order valence-electron chi connectivity index (χ4n) is 3.27. The first kappa shape index (κ1) is 13.2. The van der Waals surface area contributed by atoms with Crippen LogP contribution in [0, 0.1) is 5.92 Å². The van der Waals surface area contributed by atoms with Gasteiger partial charge >= 0.3 is 0 Å². The van der Waals surface area contributed by atoms with Crippen LogP contribution < -0.4 is 15.8 Å². The third kappa shape index (κ3) is 2.45. The van der Waals surface area contributed by atoms with Crippen LogP contribution in [0.1, 0.15) is 23.2 Å². The molecule has 4 rings (SSSR count). The Hall–Kier alpha value is -1.75. The molecule has 3 aliphatic rings. The van der Waals surface area contributed by atoms with Gasteiger partial charge in [-0.3, -0.25) is 4.79 Å². The van der Waals surface area contributed by atoms with Crippen molar-refractivity contribution >= 4 is 11.6 Å². The molecule has 108 valence electrons. The third-order valence-corrected chi connectivity index (χ3v) is 4.44. The molecule has 0 radical (unpaired) electrons. The van der Waals surface area contributed by atoms with Crippen LogP contribution >= 0.6 is 0 Å². The predicted molar refractivity (Wildman–Crippen MR) is 77.8 cm³/mol. The molecule has 1 aromatic carbocycles. The molecule has 1 aromatic rings. The van der Waals surface area contributed by atoms with Crippen molar-refractivity contribution in [3.8, 4) is 5.75 Å². The second-order valence-corrected chi connectivity index (χ2v) is 5.68. The lowest BCUT2D eigenvalue weighted by Gasteiger charge is -2.44. The molecule has 3 saturated heterocycles. The van der Waals surface area contributed by atoms with Crippen LogP contribution in [-0.2, 0) is 0 Å². The molecule has 3 heterocycles. The third-order valence-electron chi connectivity index (χ3n) is 4.44. The van der Waals surface area contributed by atoms with Crippen molar-refractivity contribution in [2.45, 2.75) is 18.9 Å². The summed E-state index contributed by atoms with van der Waals surface area (Å²) < 4.78 is 5.25. The van der Waals surface area contributed by atoms with Crippen molar-refractivity contribution in [3.63, 3.8) is 0 Å². The second-order valence-electron chi connectivity index (χ2n) is 5.68. The van der Waals surface area contributed by atoms with E-state index in [2.05, 4.69) is 10.2 Å². The zero-order valence-corrected chi connectivity index (χ0v) is 11.8. The van der Waals surface area contributed by atoms with Crippen molar-refractivity contribution in [2.24, 2.45) is 5.92 Å². The largest absolute Gasteiger partial charge is 0.496 e. The van der Waals surface area contributed by atoms with Crippen LogP contribution in [0.25, 0.3) is 0 Å². The van der Waals surface area contributed by atoms with E-state index < -0.39 is 0 Å². The van der Waals surface area contributed by atoms with Crippen LogP contribution in [0.4, 0.5) is 5.69 Å². The topological polar surface area (TPSA) is 67.6 Å². The van der Waals surface area contributed by atoms with Gasteiger partial charge in [0.2, 0.25) is 0 Å². The van der Waals surface area contributed by atoms with E-state index in [1.807, 2.05) is 0 Å². The average Bonchev–Trinajstić information content (AvgIpc) is 2.48. The van der Waals surface area contributed by atoms with E-state index in [0.29, 0.717) is 22.9 Å². The zero-order chi connectivity index (χ0) is 14.1. The van der Waals surface area contributed by atoms with E-state index in [-0.39, 0.29) is 11.9 Å². The number of nitrogens with two attached hydrogens (primary N) is 1. The summed E-state index contributed by atoms with van der Waals surface area (Å²) in [5.74, 6) is 1.08. The molecule has 0 aromatic heterocycles. The summed E-state index contributed by atoms with van der Waals surface area (Å²) in [4.78, 5) is 14.9. The summed E-state index contributed by atoms with van der Waals surface area (Å²) in [6.45, 7) is 3.30. The Kier molecular flexibility index (Phi) is 3.53. The molecule has 1 unspecified atom stereocenters. The minimum Gasteiger partial charge on any atom is -0.496 e. The van der Waals surface area contributed by atoms with E-state index >= 15 is 0 Å². The predicted octanol–water partition coefficient (Wildman–Crippen LogP) is 1.10. The van der Waals surface area contributed by atoms with Gasteiger partial charge in [-0.05, 0) is 44.0 Å². The molecule has 0 aliphatic carbocycles. The maximum Gasteiger partial charge on any atom is 0.255 e. The Bertz CT molecular complexity index is 510. The summed E-state index contributed by atoms with van der Waals surface area (Å²) in [6, 6.07) is 5.40. The first-order chi connectivity index (χ1) is 9.67. The lowest BCUT2D eigenvalue weighted by molar-refractivity contribution is 0.0619. The monoisotopic (exact) mass is 275 g/mol. The molecule has 1 atom stereocenters. The molecular formula is C15H21N3O2. The molecular weight excluding hydrogens is 254 g/mol. The summed E-state index contributed by atoms with van der Waals surface area (Å²) in [5.41, 5.74) is 6.87. The standard InChI is InChI=1S/C15H21N3O2/c1-20-14-8-11(16)2-3-12(14)15(19)17-13-9-18-6-4-10(13)5-7-18/h2-3,8,10,13H,4-7,9,16H2,1H3,(H,17,19).